The van der Waals surface area contributed by atoms with Crippen LogP contribution in [0.4, 0.5) is 23.1 Å². The molecule has 2 aromatic carbocycles. The molecule has 1 saturated heterocycles. The van der Waals surface area contributed by atoms with Crippen LogP contribution in [0.25, 0.3) is 0 Å². The lowest BCUT2D eigenvalue weighted by Crippen LogP contribution is -2.32. The van der Waals surface area contributed by atoms with Gasteiger partial charge in [0.05, 0.1) is 26.5 Å². The molecule has 36 heavy (non-hydrogen) atoms. The Balaban J connectivity index is 1.33. The van der Waals surface area contributed by atoms with Gasteiger partial charge in [0.1, 0.15) is 5.02 Å². The molecule has 2 N–H and O–H groups in total. The van der Waals surface area contributed by atoms with Crippen LogP contribution in [0, 0.1) is 0 Å². The molecule has 0 bridgehead atoms. The van der Waals surface area contributed by atoms with Crippen molar-refractivity contribution in [2.24, 2.45) is 4.36 Å². The summed E-state index contributed by atoms with van der Waals surface area (Å²) in [6.45, 7) is 2.51. The maximum Gasteiger partial charge on any atom is 0.229 e. The van der Waals surface area contributed by atoms with E-state index in [1.807, 2.05) is 18.2 Å². The summed E-state index contributed by atoms with van der Waals surface area (Å²) in [4.78, 5) is 12.3. The van der Waals surface area contributed by atoms with Crippen LogP contribution < -0.4 is 10.6 Å². The van der Waals surface area contributed by atoms with Gasteiger partial charge in [-0.05, 0) is 87.0 Å². The van der Waals surface area contributed by atoms with Crippen LogP contribution in [-0.4, -0.2) is 51.5 Å². The molecule has 190 valence electrons. The van der Waals surface area contributed by atoms with E-state index in [4.69, 9.17) is 11.6 Å². The van der Waals surface area contributed by atoms with E-state index in [0.717, 1.165) is 18.5 Å². The molecule has 0 saturated carbocycles. The third-order valence-electron chi connectivity index (χ3n) is 7.25. The first-order valence-electron chi connectivity index (χ1n) is 12.5. The fraction of sp³-hybridized carbons (Fsp3) is 0.407. The highest BCUT2D eigenvalue weighted by Gasteiger charge is 2.24. The number of benzene rings is 2. The zero-order valence-electron chi connectivity index (χ0n) is 20.8. The Morgan fingerprint density at radius 3 is 2.58 bits per heavy atom. The molecule has 2 aliphatic rings. The molecular formula is C27H33ClN6OS. The molecule has 2 atom stereocenters. The van der Waals surface area contributed by atoms with Gasteiger partial charge in [-0.25, -0.2) is 13.6 Å². The first-order chi connectivity index (χ1) is 17.4. The highest BCUT2D eigenvalue weighted by atomic mass is 35.5. The lowest BCUT2D eigenvalue weighted by molar-refractivity contribution is 0.222. The molecule has 0 amide bonds. The number of aryl methyl sites for hydroxylation is 2. The van der Waals surface area contributed by atoms with Gasteiger partial charge in [0.15, 0.2) is 5.82 Å². The van der Waals surface area contributed by atoms with Crippen molar-refractivity contribution in [2.75, 3.05) is 37.0 Å². The van der Waals surface area contributed by atoms with Gasteiger partial charge < -0.3 is 15.5 Å². The summed E-state index contributed by atoms with van der Waals surface area (Å²) in [6, 6.07) is 14.6. The molecule has 7 nitrogen and oxygen atoms in total. The molecule has 1 aliphatic carbocycles. The number of anilines is 4. The summed E-state index contributed by atoms with van der Waals surface area (Å²) >= 11 is 6.42. The fourth-order valence-electron chi connectivity index (χ4n) is 5.21. The maximum atomic E-state index is 12.9. The number of aromatic nitrogens is 2. The topological polar surface area (TPSA) is 82.5 Å². The Morgan fingerprint density at radius 2 is 1.81 bits per heavy atom. The predicted octanol–water partition coefficient (Wildman–Crippen LogP) is 6.05. The number of halogens is 1. The number of likely N-dealkylation sites (tertiary alicyclic amines) is 1. The zero-order chi connectivity index (χ0) is 25.1. The first kappa shape index (κ1) is 25.0. The summed E-state index contributed by atoms with van der Waals surface area (Å²) in [5, 5.41) is 6.95. The molecule has 0 radical (unpaired) electrons. The molecule has 9 heteroatoms. The maximum absolute atomic E-state index is 12.9. The van der Waals surface area contributed by atoms with Gasteiger partial charge in [-0.1, -0.05) is 29.8 Å². The number of nitrogens with zero attached hydrogens (tertiary/aromatic N) is 4. The Labute approximate surface area is 218 Å². The minimum absolute atomic E-state index is 0.376. The molecule has 1 aromatic heterocycles. The molecule has 1 fully saturated rings. The lowest BCUT2D eigenvalue weighted by atomic mass is 10.0. The number of fused-ring (bicyclic) bond motifs is 1. The van der Waals surface area contributed by atoms with Gasteiger partial charge >= 0.3 is 0 Å². The zero-order valence-corrected chi connectivity index (χ0v) is 22.4. The van der Waals surface area contributed by atoms with Crippen LogP contribution in [-0.2, 0) is 22.6 Å². The Hall–Kier alpha value is -2.68. The van der Waals surface area contributed by atoms with E-state index in [0.29, 0.717) is 33.4 Å². The van der Waals surface area contributed by atoms with Gasteiger partial charge in [-0.15, -0.1) is 0 Å². The predicted molar refractivity (Wildman–Crippen MR) is 148 cm³/mol. The molecular weight excluding hydrogens is 492 g/mol. The van der Waals surface area contributed by atoms with E-state index in [1.54, 1.807) is 25.6 Å². The molecule has 2 unspecified atom stereocenters. The largest absolute Gasteiger partial charge is 0.338 e. The fourth-order valence-corrected chi connectivity index (χ4v) is 6.40. The lowest BCUT2D eigenvalue weighted by Gasteiger charge is -2.25. The van der Waals surface area contributed by atoms with Crippen LogP contribution in [0.5, 0.6) is 0 Å². The van der Waals surface area contributed by atoms with E-state index in [-0.39, 0.29) is 0 Å². The SMILES string of the molecule is CN=S(C)(=O)c1ccccc1Nc1nc(Nc2ccc3c(c2)CCC(N2CCCC2)CC3)ncc1Cl. The Bertz CT molecular complexity index is 1360. The van der Waals surface area contributed by atoms with Crippen molar-refractivity contribution in [3.8, 4) is 0 Å². The third kappa shape index (κ3) is 5.51. The van der Waals surface area contributed by atoms with Crippen molar-refractivity contribution in [3.63, 3.8) is 0 Å². The average Bonchev–Trinajstić information content (AvgIpc) is 3.34. The Morgan fingerprint density at radius 1 is 1.06 bits per heavy atom. The van der Waals surface area contributed by atoms with Crippen LogP contribution >= 0.6 is 11.6 Å². The first-order valence-corrected chi connectivity index (χ1v) is 14.8. The second-order valence-electron chi connectivity index (χ2n) is 9.58. The van der Waals surface area contributed by atoms with Crippen molar-refractivity contribution in [3.05, 3.63) is 64.8 Å². The van der Waals surface area contributed by atoms with E-state index in [1.165, 1.54) is 49.9 Å². The van der Waals surface area contributed by atoms with Crippen LogP contribution in [0.3, 0.4) is 0 Å². The number of hydrogen-bond donors (Lipinski definition) is 2. The van der Waals surface area contributed by atoms with E-state index < -0.39 is 9.73 Å². The Kier molecular flexibility index (Phi) is 7.46. The number of para-hydroxylation sites is 1. The van der Waals surface area contributed by atoms with Gasteiger partial charge in [0, 0.05) is 25.0 Å². The van der Waals surface area contributed by atoms with Crippen LogP contribution in [0.15, 0.2) is 57.9 Å². The van der Waals surface area contributed by atoms with Crippen molar-refractivity contribution >= 4 is 44.5 Å². The van der Waals surface area contributed by atoms with E-state index in [9.17, 15) is 4.21 Å². The third-order valence-corrected chi connectivity index (χ3v) is 9.40. The molecule has 2 heterocycles. The summed E-state index contributed by atoms with van der Waals surface area (Å²) in [6.07, 6.45) is 10.5. The number of hydrogen-bond acceptors (Lipinski definition) is 7. The van der Waals surface area contributed by atoms with Crippen LogP contribution in [0.2, 0.25) is 5.02 Å². The highest BCUT2D eigenvalue weighted by Crippen LogP contribution is 2.31. The van der Waals surface area contributed by atoms with Crippen LogP contribution in [0.1, 0.15) is 36.8 Å². The van der Waals surface area contributed by atoms with Crippen molar-refractivity contribution < 1.29 is 4.21 Å². The van der Waals surface area contributed by atoms with E-state index in [2.05, 4.69) is 48.1 Å². The summed E-state index contributed by atoms with van der Waals surface area (Å²) in [5.74, 6) is 0.886. The number of nitrogens with one attached hydrogen (secondary N) is 2. The molecule has 5 rings (SSSR count). The minimum Gasteiger partial charge on any atom is -0.338 e. The molecule has 1 aliphatic heterocycles. The number of rotatable bonds is 6. The van der Waals surface area contributed by atoms with E-state index >= 15 is 0 Å². The standard InChI is InChI=1S/C27H33ClN6OS/c1-29-36(2,35)25-8-4-3-7-24(25)32-26-23(28)18-30-27(33-26)31-21-12-9-19-10-13-22(14-11-20(19)17-21)34-15-5-6-16-34/h3-4,7-9,12,17-18,22H,5-6,10-11,13-16H2,1-2H3,(H2,30,31,32,33). The monoisotopic (exact) mass is 524 g/mol. The van der Waals surface area contributed by atoms with Gasteiger partial charge in [0.2, 0.25) is 5.95 Å². The summed E-state index contributed by atoms with van der Waals surface area (Å²) in [7, 11) is -0.973. The summed E-state index contributed by atoms with van der Waals surface area (Å²) < 4.78 is 17.0. The normalized spacial score (nSPS) is 19.7. The van der Waals surface area contributed by atoms with Gasteiger partial charge in [0.25, 0.3) is 0 Å². The quantitative estimate of drug-likeness (QED) is 0.382. The summed E-state index contributed by atoms with van der Waals surface area (Å²) in [5.41, 5.74) is 4.47. The smallest absolute Gasteiger partial charge is 0.229 e. The molecule has 3 aromatic rings. The second kappa shape index (κ2) is 10.7. The van der Waals surface area contributed by atoms with Crippen molar-refractivity contribution in [1.29, 1.82) is 0 Å². The van der Waals surface area contributed by atoms with Crippen molar-refractivity contribution in [2.45, 2.75) is 49.5 Å². The van der Waals surface area contributed by atoms with Gasteiger partial charge in [-0.2, -0.15) is 4.98 Å². The van der Waals surface area contributed by atoms with Crippen molar-refractivity contribution in [1.82, 2.24) is 14.9 Å². The minimum atomic E-state index is -2.53. The molecule has 0 spiro atoms. The highest BCUT2D eigenvalue weighted by molar-refractivity contribution is 7.93. The second-order valence-corrected chi connectivity index (χ2v) is 12.4. The van der Waals surface area contributed by atoms with Gasteiger partial charge in [-0.3, -0.25) is 0 Å². The average molecular weight is 525 g/mol.